The molecular weight excluding hydrogens is 238 g/mol. The second kappa shape index (κ2) is 5.41. The predicted octanol–water partition coefficient (Wildman–Crippen LogP) is 1.25. The largest absolute Gasteiger partial charge is 0.353 e. The lowest BCUT2D eigenvalue weighted by Crippen LogP contribution is -2.48. The van der Waals surface area contributed by atoms with Gasteiger partial charge in [-0.25, -0.2) is 0 Å². The van der Waals surface area contributed by atoms with Crippen molar-refractivity contribution < 1.29 is 4.79 Å². The minimum Gasteiger partial charge on any atom is -0.353 e. The molecule has 3 fully saturated rings. The average molecular weight is 265 g/mol. The third-order valence-electron chi connectivity index (χ3n) is 5.34. The van der Waals surface area contributed by atoms with E-state index in [0.29, 0.717) is 19.0 Å². The smallest absolute Gasteiger partial charge is 0.220 e. The molecule has 0 spiro atoms. The van der Waals surface area contributed by atoms with Crippen LogP contribution in [0, 0.1) is 5.41 Å². The van der Waals surface area contributed by atoms with E-state index in [1.54, 1.807) is 0 Å². The van der Waals surface area contributed by atoms with Crippen molar-refractivity contribution in [2.24, 2.45) is 11.1 Å². The molecule has 3 N–H and O–H groups in total. The molecule has 1 heterocycles. The number of nitrogens with zero attached hydrogens (tertiary/aromatic N) is 1. The van der Waals surface area contributed by atoms with E-state index < -0.39 is 0 Å². The van der Waals surface area contributed by atoms with Gasteiger partial charge >= 0.3 is 0 Å². The SMILES string of the molecule is NCC1(CC(=O)NC2CCN(C3CC3)CC2)CCC1. The van der Waals surface area contributed by atoms with Crippen molar-refractivity contribution in [3.63, 3.8) is 0 Å². The Morgan fingerprint density at radius 2 is 1.89 bits per heavy atom. The van der Waals surface area contributed by atoms with Crippen LogP contribution in [0.15, 0.2) is 0 Å². The number of hydrogen-bond donors (Lipinski definition) is 2. The van der Waals surface area contributed by atoms with Gasteiger partial charge in [0, 0.05) is 31.6 Å². The van der Waals surface area contributed by atoms with E-state index in [4.69, 9.17) is 5.73 Å². The van der Waals surface area contributed by atoms with Gasteiger partial charge in [0.05, 0.1) is 0 Å². The van der Waals surface area contributed by atoms with Crippen molar-refractivity contribution >= 4 is 5.91 Å². The Bertz CT molecular complexity index is 323. The van der Waals surface area contributed by atoms with Gasteiger partial charge in [-0.05, 0) is 50.5 Å². The standard InChI is InChI=1S/C15H27N3O/c16-11-15(6-1-7-15)10-14(19)17-12-4-8-18(9-5-12)13-2-3-13/h12-13H,1-11,16H2,(H,17,19). The first-order chi connectivity index (χ1) is 9.21. The molecule has 0 bridgehead atoms. The summed E-state index contributed by atoms with van der Waals surface area (Å²) >= 11 is 0. The highest BCUT2D eigenvalue weighted by atomic mass is 16.1. The molecule has 0 unspecified atom stereocenters. The summed E-state index contributed by atoms with van der Waals surface area (Å²) in [5.74, 6) is 0.232. The van der Waals surface area contributed by atoms with Gasteiger partial charge in [-0.3, -0.25) is 4.79 Å². The van der Waals surface area contributed by atoms with Crippen molar-refractivity contribution in [3.8, 4) is 0 Å². The maximum atomic E-state index is 12.1. The minimum atomic E-state index is 0.138. The minimum absolute atomic E-state index is 0.138. The number of amides is 1. The lowest BCUT2D eigenvalue weighted by atomic mass is 9.66. The van der Waals surface area contributed by atoms with Crippen molar-refractivity contribution in [2.75, 3.05) is 19.6 Å². The van der Waals surface area contributed by atoms with E-state index in [1.807, 2.05) is 0 Å². The molecule has 19 heavy (non-hydrogen) atoms. The summed E-state index contributed by atoms with van der Waals surface area (Å²) in [6.07, 6.45) is 9.17. The Balaban J connectivity index is 1.40. The van der Waals surface area contributed by atoms with Crippen LogP contribution in [0.3, 0.4) is 0 Å². The molecule has 0 aromatic heterocycles. The second-order valence-electron chi connectivity index (χ2n) is 6.84. The molecule has 3 aliphatic rings. The second-order valence-corrected chi connectivity index (χ2v) is 6.84. The van der Waals surface area contributed by atoms with Gasteiger partial charge in [-0.2, -0.15) is 0 Å². The van der Waals surface area contributed by atoms with Gasteiger partial charge in [0.1, 0.15) is 0 Å². The summed E-state index contributed by atoms with van der Waals surface area (Å²) in [5, 5.41) is 3.24. The zero-order valence-corrected chi connectivity index (χ0v) is 11.9. The monoisotopic (exact) mass is 265 g/mol. The third-order valence-corrected chi connectivity index (χ3v) is 5.34. The van der Waals surface area contributed by atoms with E-state index in [0.717, 1.165) is 44.8 Å². The summed E-state index contributed by atoms with van der Waals surface area (Å²) in [5.41, 5.74) is 5.96. The highest BCUT2D eigenvalue weighted by Crippen LogP contribution is 2.42. The van der Waals surface area contributed by atoms with Gasteiger partial charge in [0.2, 0.25) is 5.91 Å². The molecule has 1 saturated heterocycles. The molecule has 0 radical (unpaired) electrons. The molecule has 2 aliphatic carbocycles. The van der Waals surface area contributed by atoms with Crippen LogP contribution in [0.2, 0.25) is 0 Å². The van der Waals surface area contributed by atoms with Crippen LogP contribution in [-0.2, 0) is 4.79 Å². The van der Waals surface area contributed by atoms with Crippen LogP contribution in [0.4, 0.5) is 0 Å². The number of carbonyl (C=O) groups is 1. The third kappa shape index (κ3) is 3.11. The summed E-state index contributed by atoms with van der Waals surface area (Å²) in [6.45, 7) is 3.00. The van der Waals surface area contributed by atoms with Gasteiger partial charge < -0.3 is 16.0 Å². The maximum absolute atomic E-state index is 12.1. The quantitative estimate of drug-likeness (QED) is 0.786. The molecule has 1 aliphatic heterocycles. The molecule has 0 aromatic carbocycles. The van der Waals surface area contributed by atoms with Crippen molar-refractivity contribution in [1.29, 1.82) is 0 Å². The topological polar surface area (TPSA) is 58.4 Å². The molecule has 108 valence electrons. The first-order valence-corrected chi connectivity index (χ1v) is 7.94. The number of likely N-dealkylation sites (tertiary alicyclic amines) is 1. The number of nitrogens with one attached hydrogen (secondary N) is 1. The van der Waals surface area contributed by atoms with E-state index in [2.05, 4.69) is 10.2 Å². The fourth-order valence-electron chi connectivity index (χ4n) is 3.60. The van der Waals surface area contributed by atoms with Crippen LogP contribution in [-0.4, -0.2) is 42.5 Å². The molecule has 1 amide bonds. The number of rotatable bonds is 5. The van der Waals surface area contributed by atoms with Crippen molar-refractivity contribution in [3.05, 3.63) is 0 Å². The zero-order valence-electron chi connectivity index (χ0n) is 11.9. The van der Waals surface area contributed by atoms with Gasteiger partial charge in [0.25, 0.3) is 0 Å². The molecule has 0 atom stereocenters. The van der Waals surface area contributed by atoms with Crippen molar-refractivity contribution in [1.82, 2.24) is 10.2 Å². The van der Waals surface area contributed by atoms with Crippen LogP contribution in [0.1, 0.15) is 51.4 Å². The first-order valence-electron chi connectivity index (χ1n) is 7.94. The molecule has 4 nitrogen and oxygen atoms in total. The summed E-state index contributed by atoms with van der Waals surface area (Å²) < 4.78 is 0. The van der Waals surface area contributed by atoms with E-state index in [1.165, 1.54) is 19.3 Å². The normalized spacial score (nSPS) is 27.8. The summed E-state index contributed by atoms with van der Waals surface area (Å²) in [4.78, 5) is 14.7. The Hall–Kier alpha value is -0.610. The Morgan fingerprint density at radius 1 is 1.21 bits per heavy atom. The molecular formula is C15H27N3O. The fraction of sp³-hybridized carbons (Fsp3) is 0.933. The predicted molar refractivity (Wildman–Crippen MR) is 75.7 cm³/mol. The lowest BCUT2D eigenvalue weighted by molar-refractivity contribution is -0.125. The summed E-state index contributed by atoms with van der Waals surface area (Å²) in [6, 6.07) is 1.27. The van der Waals surface area contributed by atoms with E-state index in [9.17, 15) is 4.79 Å². The Labute approximate surface area is 116 Å². The summed E-state index contributed by atoms with van der Waals surface area (Å²) in [7, 11) is 0. The van der Waals surface area contributed by atoms with E-state index >= 15 is 0 Å². The fourth-order valence-corrected chi connectivity index (χ4v) is 3.60. The maximum Gasteiger partial charge on any atom is 0.220 e. The molecule has 4 heteroatoms. The highest BCUT2D eigenvalue weighted by molar-refractivity contribution is 5.77. The number of carbonyl (C=O) groups excluding carboxylic acids is 1. The zero-order chi connectivity index (χ0) is 13.3. The van der Waals surface area contributed by atoms with E-state index in [-0.39, 0.29) is 11.3 Å². The van der Waals surface area contributed by atoms with Crippen LogP contribution < -0.4 is 11.1 Å². The van der Waals surface area contributed by atoms with Gasteiger partial charge in [-0.15, -0.1) is 0 Å². The van der Waals surface area contributed by atoms with Crippen LogP contribution >= 0.6 is 0 Å². The van der Waals surface area contributed by atoms with Gasteiger partial charge in [0.15, 0.2) is 0 Å². The molecule has 2 saturated carbocycles. The lowest BCUT2D eigenvalue weighted by Gasteiger charge is -2.41. The first kappa shape index (κ1) is 13.4. The Morgan fingerprint density at radius 3 is 2.37 bits per heavy atom. The van der Waals surface area contributed by atoms with Crippen LogP contribution in [0.25, 0.3) is 0 Å². The number of piperidine rings is 1. The number of nitrogens with two attached hydrogens (primary N) is 1. The Kier molecular flexibility index (Phi) is 3.81. The number of hydrogen-bond acceptors (Lipinski definition) is 3. The van der Waals surface area contributed by atoms with Crippen molar-refractivity contribution in [2.45, 2.75) is 63.5 Å². The average Bonchev–Trinajstić information content (AvgIpc) is 3.19. The molecule has 3 rings (SSSR count). The van der Waals surface area contributed by atoms with Crippen LogP contribution in [0.5, 0.6) is 0 Å². The van der Waals surface area contributed by atoms with Gasteiger partial charge in [-0.1, -0.05) is 6.42 Å². The molecule has 0 aromatic rings. The highest BCUT2D eigenvalue weighted by Gasteiger charge is 2.38.